The predicted octanol–water partition coefficient (Wildman–Crippen LogP) is 4.11. The number of ether oxygens (including phenoxy) is 1. The molecule has 1 amide bonds. The first-order valence-electron chi connectivity index (χ1n) is 9.39. The van der Waals surface area contributed by atoms with Crippen molar-refractivity contribution in [2.45, 2.75) is 32.9 Å². The van der Waals surface area contributed by atoms with Crippen LogP contribution in [0, 0.1) is 0 Å². The van der Waals surface area contributed by atoms with E-state index in [0.29, 0.717) is 13.1 Å². The summed E-state index contributed by atoms with van der Waals surface area (Å²) in [4.78, 5) is 16.3. The summed E-state index contributed by atoms with van der Waals surface area (Å²) >= 11 is 0. The number of piperazine rings is 1. The SMILES string of the molecule is CC(C)(C)OC(=O)N1CCN(Cc2ccc(-c3cccc(O)c3)cc2)CC1. The van der Waals surface area contributed by atoms with Crippen LogP contribution in [-0.2, 0) is 11.3 Å². The number of amides is 1. The van der Waals surface area contributed by atoms with Gasteiger partial charge >= 0.3 is 6.09 Å². The third-order valence-corrected chi connectivity index (χ3v) is 4.56. The fourth-order valence-electron chi connectivity index (χ4n) is 3.16. The summed E-state index contributed by atoms with van der Waals surface area (Å²) < 4.78 is 5.44. The summed E-state index contributed by atoms with van der Waals surface area (Å²) in [6.07, 6.45) is -0.224. The van der Waals surface area contributed by atoms with E-state index >= 15 is 0 Å². The zero-order valence-electron chi connectivity index (χ0n) is 16.3. The molecule has 144 valence electrons. The van der Waals surface area contributed by atoms with Crippen molar-refractivity contribution in [2.75, 3.05) is 26.2 Å². The smallest absolute Gasteiger partial charge is 0.410 e. The maximum absolute atomic E-state index is 12.1. The highest BCUT2D eigenvalue weighted by Crippen LogP contribution is 2.24. The molecular formula is C22H28N2O3. The predicted molar refractivity (Wildman–Crippen MR) is 107 cm³/mol. The Balaban J connectivity index is 1.53. The van der Waals surface area contributed by atoms with Gasteiger partial charge in [0, 0.05) is 32.7 Å². The van der Waals surface area contributed by atoms with E-state index in [1.165, 1.54) is 5.56 Å². The lowest BCUT2D eigenvalue weighted by Crippen LogP contribution is -2.49. The minimum Gasteiger partial charge on any atom is -0.508 e. The van der Waals surface area contributed by atoms with Crippen molar-refractivity contribution in [3.8, 4) is 16.9 Å². The molecule has 0 spiro atoms. The number of carbonyl (C=O) groups excluding carboxylic acids is 1. The van der Waals surface area contributed by atoms with E-state index in [1.54, 1.807) is 17.0 Å². The van der Waals surface area contributed by atoms with Crippen molar-refractivity contribution in [3.63, 3.8) is 0 Å². The minimum atomic E-state index is -0.453. The van der Waals surface area contributed by atoms with Gasteiger partial charge in [-0.2, -0.15) is 0 Å². The molecule has 5 nitrogen and oxygen atoms in total. The highest BCUT2D eigenvalue weighted by molar-refractivity contribution is 5.68. The Labute approximate surface area is 161 Å². The molecule has 0 aromatic heterocycles. The van der Waals surface area contributed by atoms with Crippen LogP contribution in [-0.4, -0.2) is 52.8 Å². The van der Waals surface area contributed by atoms with Gasteiger partial charge in [0.2, 0.25) is 0 Å². The molecule has 0 radical (unpaired) electrons. The first-order chi connectivity index (χ1) is 12.8. The molecule has 1 aliphatic rings. The molecule has 0 atom stereocenters. The number of rotatable bonds is 3. The molecule has 0 saturated carbocycles. The van der Waals surface area contributed by atoms with Gasteiger partial charge in [-0.15, -0.1) is 0 Å². The monoisotopic (exact) mass is 368 g/mol. The number of carbonyl (C=O) groups is 1. The second-order valence-corrected chi connectivity index (χ2v) is 7.99. The number of nitrogens with zero attached hydrogens (tertiary/aromatic N) is 2. The highest BCUT2D eigenvalue weighted by atomic mass is 16.6. The fraction of sp³-hybridized carbons (Fsp3) is 0.409. The van der Waals surface area contributed by atoms with E-state index in [9.17, 15) is 9.90 Å². The van der Waals surface area contributed by atoms with Crippen molar-refractivity contribution in [1.29, 1.82) is 0 Å². The summed E-state index contributed by atoms with van der Waals surface area (Å²) in [5, 5.41) is 9.62. The molecule has 0 aliphatic carbocycles. The maximum atomic E-state index is 12.1. The Hall–Kier alpha value is -2.53. The largest absolute Gasteiger partial charge is 0.508 e. The average Bonchev–Trinajstić information content (AvgIpc) is 2.61. The fourth-order valence-corrected chi connectivity index (χ4v) is 3.16. The number of phenolic OH excluding ortho intramolecular Hbond substituents is 1. The van der Waals surface area contributed by atoms with Gasteiger partial charge < -0.3 is 14.7 Å². The number of phenols is 1. The lowest BCUT2D eigenvalue weighted by atomic mass is 10.0. The molecular weight excluding hydrogens is 340 g/mol. The molecule has 5 heteroatoms. The summed E-state index contributed by atoms with van der Waals surface area (Å²) in [5.41, 5.74) is 2.88. The van der Waals surface area contributed by atoms with Crippen molar-refractivity contribution in [1.82, 2.24) is 9.80 Å². The van der Waals surface area contributed by atoms with E-state index in [2.05, 4.69) is 29.2 Å². The minimum absolute atomic E-state index is 0.224. The van der Waals surface area contributed by atoms with Gasteiger partial charge in [-0.25, -0.2) is 4.79 Å². The average molecular weight is 368 g/mol. The van der Waals surface area contributed by atoms with Crippen LogP contribution in [0.5, 0.6) is 5.75 Å². The third-order valence-electron chi connectivity index (χ3n) is 4.56. The van der Waals surface area contributed by atoms with Crippen LogP contribution in [0.15, 0.2) is 48.5 Å². The van der Waals surface area contributed by atoms with Crippen LogP contribution in [0.4, 0.5) is 4.79 Å². The Bertz CT molecular complexity index is 773. The van der Waals surface area contributed by atoms with E-state index in [0.717, 1.165) is 30.8 Å². The van der Waals surface area contributed by atoms with Gasteiger partial charge in [-0.05, 0) is 49.6 Å². The molecule has 2 aromatic rings. The third kappa shape index (κ3) is 5.47. The summed E-state index contributed by atoms with van der Waals surface area (Å²) in [7, 11) is 0. The molecule has 1 aliphatic heterocycles. The van der Waals surface area contributed by atoms with Crippen molar-refractivity contribution < 1.29 is 14.6 Å². The lowest BCUT2D eigenvalue weighted by molar-refractivity contribution is 0.0139. The molecule has 1 saturated heterocycles. The van der Waals surface area contributed by atoms with E-state index in [-0.39, 0.29) is 11.8 Å². The summed E-state index contributed by atoms with van der Waals surface area (Å²) in [6, 6.07) is 15.7. The second kappa shape index (κ2) is 8.01. The zero-order valence-corrected chi connectivity index (χ0v) is 16.3. The van der Waals surface area contributed by atoms with Crippen molar-refractivity contribution in [2.24, 2.45) is 0 Å². The number of benzene rings is 2. The van der Waals surface area contributed by atoms with E-state index in [4.69, 9.17) is 4.74 Å². The van der Waals surface area contributed by atoms with Gasteiger partial charge in [-0.3, -0.25) is 4.90 Å². The number of hydrogen-bond donors (Lipinski definition) is 1. The van der Waals surface area contributed by atoms with Gasteiger partial charge in [0.15, 0.2) is 0 Å². The Morgan fingerprint density at radius 2 is 1.67 bits per heavy atom. The second-order valence-electron chi connectivity index (χ2n) is 7.99. The first-order valence-corrected chi connectivity index (χ1v) is 9.39. The molecule has 0 unspecified atom stereocenters. The molecule has 0 bridgehead atoms. The van der Waals surface area contributed by atoms with Gasteiger partial charge in [0.05, 0.1) is 0 Å². The highest BCUT2D eigenvalue weighted by Gasteiger charge is 2.25. The van der Waals surface area contributed by atoms with Crippen molar-refractivity contribution >= 4 is 6.09 Å². The zero-order chi connectivity index (χ0) is 19.4. The number of aromatic hydroxyl groups is 1. The lowest BCUT2D eigenvalue weighted by Gasteiger charge is -2.35. The standard InChI is InChI=1S/C22H28N2O3/c1-22(2,3)27-21(26)24-13-11-23(12-14-24)16-17-7-9-18(10-8-17)19-5-4-6-20(25)15-19/h4-10,15,25H,11-14,16H2,1-3H3. The molecule has 1 fully saturated rings. The summed E-state index contributed by atoms with van der Waals surface area (Å²) in [6.45, 7) is 9.60. The van der Waals surface area contributed by atoms with Crippen LogP contribution in [0.2, 0.25) is 0 Å². The molecule has 1 N–H and O–H groups in total. The van der Waals surface area contributed by atoms with Crippen molar-refractivity contribution in [3.05, 3.63) is 54.1 Å². The van der Waals surface area contributed by atoms with Gasteiger partial charge in [-0.1, -0.05) is 36.4 Å². The van der Waals surface area contributed by atoms with Crippen LogP contribution in [0.25, 0.3) is 11.1 Å². The quantitative estimate of drug-likeness (QED) is 0.886. The van der Waals surface area contributed by atoms with Crippen LogP contribution in [0.1, 0.15) is 26.3 Å². The van der Waals surface area contributed by atoms with Gasteiger partial charge in [0.1, 0.15) is 11.4 Å². The molecule has 3 rings (SSSR count). The Morgan fingerprint density at radius 3 is 2.26 bits per heavy atom. The molecule has 2 aromatic carbocycles. The first kappa shape index (κ1) is 19.2. The van der Waals surface area contributed by atoms with Crippen LogP contribution < -0.4 is 0 Å². The number of hydrogen-bond acceptors (Lipinski definition) is 4. The van der Waals surface area contributed by atoms with Crippen LogP contribution in [0.3, 0.4) is 0 Å². The van der Waals surface area contributed by atoms with Gasteiger partial charge in [0.25, 0.3) is 0 Å². The summed E-state index contributed by atoms with van der Waals surface area (Å²) in [5.74, 6) is 0.277. The van der Waals surface area contributed by atoms with Crippen LogP contribution >= 0.6 is 0 Å². The normalized spacial score (nSPS) is 15.6. The maximum Gasteiger partial charge on any atom is 0.410 e. The molecule has 1 heterocycles. The topological polar surface area (TPSA) is 53.0 Å². The van der Waals surface area contributed by atoms with E-state index < -0.39 is 5.60 Å². The Kier molecular flexibility index (Phi) is 5.71. The Morgan fingerprint density at radius 1 is 1.00 bits per heavy atom. The van der Waals surface area contributed by atoms with E-state index in [1.807, 2.05) is 32.9 Å². The molecule has 27 heavy (non-hydrogen) atoms.